The van der Waals surface area contributed by atoms with Crippen molar-refractivity contribution in [3.05, 3.63) is 47.8 Å². The molecule has 0 saturated heterocycles. The first-order valence-electron chi connectivity index (χ1n) is 6.14. The van der Waals surface area contributed by atoms with Gasteiger partial charge in [0.2, 0.25) is 0 Å². The predicted octanol–water partition coefficient (Wildman–Crippen LogP) is 5.33. The second kappa shape index (κ2) is 11.8. The maximum atomic E-state index is 9.08. The number of aliphatic hydroxyl groups is 1. The van der Waals surface area contributed by atoms with E-state index < -0.39 is 0 Å². The minimum atomic E-state index is 0.343. The van der Waals surface area contributed by atoms with Crippen LogP contribution in [0.4, 0.5) is 0 Å². The van der Waals surface area contributed by atoms with Crippen molar-refractivity contribution in [2.45, 2.75) is 47.5 Å². The van der Waals surface area contributed by atoms with Crippen LogP contribution < -0.4 is 0 Å². The van der Waals surface area contributed by atoms with E-state index in [0.29, 0.717) is 5.76 Å². The molecule has 0 fully saturated rings. The molecule has 0 unspecified atom stereocenters. The standard InChI is InChI=1S/C11H14O.2C2H6/c1-3-10-6-4-5-7-11(10)8-9(2)12;2*1-2/h3,6-8,12H,1,4-5H2,2H3;2*1-2H3/b9-8+;;. The summed E-state index contributed by atoms with van der Waals surface area (Å²) in [6.45, 7) is 13.4. The van der Waals surface area contributed by atoms with Crippen LogP contribution in [0.15, 0.2) is 47.8 Å². The Bertz CT molecular complexity index is 263. The molecule has 0 aromatic rings. The number of hydrogen-bond acceptors (Lipinski definition) is 1. The van der Waals surface area contributed by atoms with Crippen molar-refractivity contribution in [1.29, 1.82) is 0 Å². The highest BCUT2D eigenvalue weighted by Crippen LogP contribution is 2.21. The van der Waals surface area contributed by atoms with Gasteiger partial charge < -0.3 is 5.11 Å². The molecule has 0 spiro atoms. The van der Waals surface area contributed by atoms with Gasteiger partial charge in [0, 0.05) is 0 Å². The summed E-state index contributed by atoms with van der Waals surface area (Å²) in [5, 5.41) is 9.08. The molecule has 16 heavy (non-hydrogen) atoms. The quantitative estimate of drug-likeness (QED) is 0.626. The zero-order chi connectivity index (χ0) is 13.0. The first kappa shape index (κ1) is 17.2. The van der Waals surface area contributed by atoms with E-state index in [0.717, 1.165) is 24.0 Å². The zero-order valence-corrected chi connectivity index (χ0v) is 11.4. The normalized spacial score (nSPS) is 14.4. The molecule has 0 heterocycles. The minimum absolute atomic E-state index is 0.343. The SMILES string of the molecule is C=CC1=CCCC=C1/C=C(\C)O.CC.CC. The van der Waals surface area contributed by atoms with E-state index in [1.54, 1.807) is 13.0 Å². The monoisotopic (exact) mass is 222 g/mol. The van der Waals surface area contributed by atoms with Gasteiger partial charge in [0.1, 0.15) is 0 Å². The minimum Gasteiger partial charge on any atom is -0.513 e. The van der Waals surface area contributed by atoms with Crippen LogP contribution in [0.25, 0.3) is 0 Å². The maximum Gasteiger partial charge on any atom is 0.0897 e. The highest BCUT2D eigenvalue weighted by molar-refractivity contribution is 5.47. The molecular formula is C15H26O. The molecule has 0 bridgehead atoms. The van der Waals surface area contributed by atoms with Crippen molar-refractivity contribution in [1.82, 2.24) is 0 Å². The van der Waals surface area contributed by atoms with E-state index >= 15 is 0 Å². The predicted molar refractivity (Wildman–Crippen MR) is 74.7 cm³/mol. The van der Waals surface area contributed by atoms with Crippen molar-refractivity contribution >= 4 is 0 Å². The fraction of sp³-hybridized carbons (Fsp3) is 0.467. The molecule has 0 radical (unpaired) electrons. The summed E-state index contributed by atoms with van der Waals surface area (Å²) in [6, 6.07) is 0. The van der Waals surface area contributed by atoms with Gasteiger partial charge in [-0.15, -0.1) is 0 Å². The molecule has 1 nitrogen and oxygen atoms in total. The van der Waals surface area contributed by atoms with Gasteiger partial charge in [0.25, 0.3) is 0 Å². The van der Waals surface area contributed by atoms with Gasteiger partial charge in [0.15, 0.2) is 0 Å². The summed E-state index contributed by atoms with van der Waals surface area (Å²) < 4.78 is 0. The second-order valence-corrected chi connectivity index (χ2v) is 2.89. The molecule has 0 saturated carbocycles. The molecule has 1 rings (SSSR count). The molecule has 0 atom stereocenters. The summed E-state index contributed by atoms with van der Waals surface area (Å²) in [5.74, 6) is 0.343. The van der Waals surface area contributed by atoms with Gasteiger partial charge in [-0.1, -0.05) is 52.5 Å². The summed E-state index contributed by atoms with van der Waals surface area (Å²) in [5.41, 5.74) is 2.20. The molecule has 1 heteroatoms. The second-order valence-electron chi connectivity index (χ2n) is 2.89. The number of aliphatic hydroxyl groups excluding tert-OH is 1. The molecule has 0 aliphatic heterocycles. The molecule has 92 valence electrons. The van der Waals surface area contributed by atoms with E-state index in [2.05, 4.69) is 18.7 Å². The van der Waals surface area contributed by atoms with Crippen LogP contribution in [0.1, 0.15) is 47.5 Å². The Morgan fingerprint density at radius 1 is 1.12 bits per heavy atom. The highest BCUT2D eigenvalue weighted by atomic mass is 16.3. The van der Waals surface area contributed by atoms with Crippen LogP contribution in [0, 0.1) is 0 Å². The van der Waals surface area contributed by atoms with E-state index in [1.165, 1.54) is 0 Å². The van der Waals surface area contributed by atoms with Gasteiger partial charge in [-0.05, 0) is 37.0 Å². The molecule has 1 aliphatic rings. The molecule has 0 aromatic heterocycles. The van der Waals surface area contributed by atoms with Crippen molar-refractivity contribution in [3.63, 3.8) is 0 Å². The van der Waals surface area contributed by atoms with Gasteiger partial charge in [-0.3, -0.25) is 0 Å². The first-order valence-corrected chi connectivity index (χ1v) is 6.14. The number of allylic oxidation sites excluding steroid dienone is 7. The van der Waals surface area contributed by atoms with Crippen LogP contribution in [0.5, 0.6) is 0 Å². The van der Waals surface area contributed by atoms with Crippen LogP contribution in [0.2, 0.25) is 0 Å². The van der Waals surface area contributed by atoms with Crippen LogP contribution in [-0.2, 0) is 0 Å². The van der Waals surface area contributed by atoms with E-state index in [4.69, 9.17) is 5.11 Å². The van der Waals surface area contributed by atoms with Crippen molar-refractivity contribution in [2.24, 2.45) is 0 Å². The van der Waals surface area contributed by atoms with E-state index in [1.807, 2.05) is 33.8 Å². The van der Waals surface area contributed by atoms with E-state index in [-0.39, 0.29) is 0 Å². The van der Waals surface area contributed by atoms with Crippen molar-refractivity contribution in [2.75, 3.05) is 0 Å². The van der Waals surface area contributed by atoms with Crippen molar-refractivity contribution in [3.8, 4) is 0 Å². The Kier molecular flexibility index (Phi) is 12.7. The molecule has 1 aliphatic carbocycles. The average molecular weight is 222 g/mol. The summed E-state index contributed by atoms with van der Waals surface area (Å²) >= 11 is 0. The molecule has 0 amide bonds. The smallest absolute Gasteiger partial charge is 0.0897 e. The summed E-state index contributed by atoms with van der Waals surface area (Å²) in [6.07, 6.45) is 9.98. The Labute approximate surface area is 101 Å². The summed E-state index contributed by atoms with van der Waals surface area (Å²) in [7, 11) is 0. The zero-order valence-electron chi connectivity index (χ0n) is 11.4. The van der Waals surface area contributed by atoms with E-state index in [9.17, 15) is 0 Å². The fourth-order valence-corrected chi connectivity index (χ4v) is 1.28. The van der Waals surface area contributed by atoms with Gasteiger partial charge >= 0.3 is 0 Å². The Morgan fingerprint density at radius 3 is 1.94 bits per heavy atom. The van der Waals surface area contributed by atoms with Gasteiger partial charge in [-0.25, -0.2) is 0 Å². The topological polar surface area (TPSA) is 20.2 Å². The fourth-order valence-electron chi connectivity index (χ4n) is 1.28. The third-order valence-electron chi connectivity index (χ3n) is 1.81. The molecule has 1 N–H and O–H groups in total. The maximum absolute atomic E-state index is 9.08. The third kappa shape index (κ3) is 7.10. The third-order valence-corrected chi connectivity index (χ3v) is 1.81. The number of hydrogen-bond donors (Lipinski definition) is 1. The Hall–Kier alpha value is -1.24. The highest BCUT2D eigenvalue weighted by Gasteiger charge is 2.02. The van der Waals surface area contributed by atoms with Gasteiger partial charge in [-0.2, -0.15) is 0 Å². The van der Waals surface area contributed by atoms with Gasteiger partial charge in [0.05, 0.1) is 5.76 Å². The lowest BCUT2D eigenvalue weighted by Gasteiger charge is -2.09. The van der Waals surface area contributed by atoms with Crippen LogP contribution in [0.3, 0.4) is 0 Å². The largest absolute Gasteiger partial charge is 0.513 e. The van der Waals surface area contributed by atoms with Crippen LogP contribution >= 0.6 is 0 Å². The molecular weight excluding hydrogens is 196 g/mol. The molecule has 0 aromatic carbocycles. The Balaban J connectivity index is 0. The lowest BCUT2D eigenvalue weighted by atomic mass is 9.97. The average Bonchev–Trinajstić information content (AvgIpc) is 2.34. The lowest BCUT2D eigenvalue weighted by Crippen LogP contribution is -1.90. The summed E-state index contributed by atoms with van der Waals surface area (Å²) in [4.78, 5) is 0. The lowest BCUT2D eigenvalue weighted by molar-refractivity contribution is 0.414. The van der Waals surface area contributed by atoms with Crippen molar-refractivity contribution < 1.29 is 5.11 Å². The first-order chi connectivity index (χ1) is 7.74. The Morgan fingerprint density at radius 2 is 1.56 bits per heavy atom. The van der Waals surface area contributed by atoms with Crippen LogP contribution in [-0.4, -0.2) is 5.11 Å². The number of rotatable bonds is 2.